The molecule has 1 fully saturated rings. The van der Waals surface area contributed by atoms with Crippen LogP contribution in [-0.4, -0.2) is 17.6 Å². The van der Waals surface area contributed by atoms with Crippen LogP contribution in [0.5, 0.6) is 0 Å². The standard InChI is InChI=1S/C11H16N2/c1-9-10(4-2-6-12-9)8-11-5-3-7-13-11/h2,4,6,11,13H,3,5,7-8H2,1H3. The van der Waals surface area contributed by atoms with Crippen LogP contribution < -0.4 is 5.32 Å². The zero-order valence-corrected chi connectivity index (χ0v) is 8.09. The summed E-state index contributed by atoms with van der Waals surface area (Å²) in [5, 5.41) is 3.50. The van der Waals surface area contributed by atoms with Gasteiger partial charge in [0.2, 0.25) is 0 Å². The van der Waals surface area contributed by atoms with E-state index in [0.717, 1.165) is 6.42 Å². The van der Waals surface area contributed by atoms with Crippen molar-refractivity contribution < 1.29 is 0 Å². The van der Waals surface area contributed by atoms with E-state index in [4.69, 9.17) is 0 Å². The van der Waals surface area contributed by atoms with Crippen LogP contribution in [0.2, 0.25) is 0 Å². The van der Waals surface area contributed by atoms with Gasteiger partial charge in [0.1, 0.15) is 0 Å². The molecule has 13 heavy (non-hydrogen) atoms. The molecular weight excluding hydrogens is 160 g/mol. The Hall–Kier alpha value is -0.890. The minimum atomic E-state index is 0.683. The van der Waals surface area contributed by atoms with Gasteiger partial charge in [-0.15, -0.1) is 0 Å². The summed E-state index contributed by atoms with van der Waals surface area (Å²) in [4.78, 5) is 4.29. The fourth-order valence-corrected chi connectivity index (χ4v) is 1.93. The molecule has 2 rings (SSSR count). The Balaban J connectivity index is 2.04. The highest BCUT2D eigenvalue weighted by Gasteiger charge is 2.14. The van der Waals surface area contributed by atoms with Crippen molar-refractivity contribution in [2.75, 3.05) is 6.54 Å². The quantitative estimate of drug-likeness (QED) is 0.741. The summed E-state index contributed by atoms with van der Waals surface area (Å²) in [6.45, 7) is 3.27. The van der Waals surface area contributed by atoms with Crippen molar-refractivity contribution >= 4 is 0 Å². The molecule has 1 atom stereocenters. The topological polar surface area (TPSA) is 24.9 Å². The number of pyridine rings is 1. The van der Waals surface area contributed by atoms with Crippen molar-refractivity contribution in [3.8, 4) is 0 Å². The maximum Gasteiger partial charge on any atom is 0.0405 e. The van der Waals surface area contributed by atoms with Crippen molar-refractivity contribution in [1.82, 2.24) is 10.3 Å². The van der Waals surface area contributed by atoms with Gasteiger partial charge in [0, 0.05) is 17.9 Å². The van der Waals surface area contributed by atoms with Crippen molar-refractivity contribution in [1.29, 1.82) is 0 Å². The van der Waals surface area contributed by atoms with Crippen molar-refractivity contribution in [3.63, 3.8) is 0 Å². The molecule has 0 amide bonds. The lowest BCUT2D eigenvalue weighted by atomic mass is 10.0. The fourth-order valence-electron chi connectivity index (χ4n) is 1.93. The number of nitrogens with one attached hydrogen (secondary N) is 1. The van der Waals surface area contributed by atoms with E-state index in [1.165, 1.54) is 30.6 Å². The first-order chi connectivity index (χ1) is 6.36. The van der Waals surface area contributed by atoms with Crippen molar-refractivity contribution in [3.05, 3.63) is 29.6 Å². The highest BCUT2D eigenvalue weighted by atomic mass is 14.9. The highest BCUT2D eigenvalue weighted by Crippen LogP contribution is 2.13. The molecule has 70 valence electrons. The van der Waals surface area contributed by atoms with Crippen LogP contribution in [-0.2, 0) is 6.42 Å². The van der Waals surface area contributed by atoms with E-state index in [0.29, 0.717) is 6.04 Å². The normalized spacial score (nSPS) is 22.1. The van der Waals surface area contributed by atoms with Gasteiger partial charge in [-0.05, 0) is 44.4 Å². The Bertz CT molecular complexity index is 277. The van der Waals surface area contributed by atoms with Crippen LogP contribution in [0.4, 0.5) is 0 Å². The first kappa shape index (κ1) is 8.70. The number of aromatic nitrogens is 1. The van der Waals surface area contributed by atoms with E-state index >= 15 is 0 Å². The van der Waals surface area contributed by atoms with E-state index in [1.807, 2.05) is 12.3 Å². The summed E-state index contributed by atoms with van der Waals surface area (Å²) in [7, 11) is 0. The van der Waals surface area contributed by atoms with Crippen molar-refractivity contribution in [2.45, 2.75) is 32.2 Å². The fraction of sp³-hybridized carbons (Fsp3) is 0.545. The number of hydrogen-bond acceptors (Lipinski definition) is 2. The van der Waals surface area contributed by atoms with E-state index in [2.05, 4.69) is 23.3 Å². The molecule has 0 spiro atoms. The molecule has 1 aromatic heterocycles. The molecule has 0 bridgehead atoms. The molecule has 0 saturated carbocycles. The van der Waals surface area contributed by atoms with Crippen LogP contribution in [0.25, 0.3) is 0 Å². The number of aryl methyl sites for hydroxylation is 1. The van der Waals surface area contributed by atoms with Gasteiger partial charge in [-0.3, -0.25) is 4.98 Å². The molecule has 0 aliphatic carbocycles. The van der Waals surface area contributed by atoms with Crippen LogP contribution in [0.1, 0.15) is 24.1 Å². The maximum atomic E-state index is 4.29. The summed E-state index contributed by atoms with van der Waals surface area (Å²) >= 11 is 0. The van der Waals surface area contributed by atoms with Gasteiger partial charge in [0.05, 0.1) is 0 Å². The molecular formula is C11H16N2. The highest BCUT2D eigenvalue weighted by molar-refractivity contribution is 5.19. The van der Waals surface area contributed by atoms with Gasteiger partial charge < -0.3 is 5.32 Å². The Morgan fingerprint density at radius 2 is 2.54 bits per heavy atom. The number of hydrogen-bond donors (Lipinski definition) is 1. The zero-order chi connectivity index (χ0) is 9.10. The van der Waals surface area contributed by atoms with Gasteiger partial charge in [0.25, 0.3) is 0 Å². The second-order valence-corrected chi connectivity index (χ2v) is 3.75. The van der Waals surface area contributed by atoms with Gasteiger partial charge in [-0.25, -0.2) is 0 Å². The number of rotatable bonds is 2. The van der Waals surface area contributed by atoms with Gasteiger partial charge in [-0.2, -0.15) is 0 Å². The molecule has 0 radical (unpaired) electrons. The summed E-state index contributed by atoms with van der Waals surface area (Å²) < 4.78 is 0. The second-order valence-electron chi connectivity index (χ2n) is 3.75. The third-order valence-corrected chi connectivity index (χ3v) is 2.75. The van der Waals surface area contributed by atoms with Crippen LogP contribution in [0, 0.1) is 6.92 Å². The monoisotopic (exact) mass is 176 g/mol. The van der Waals surface area contributed by atoms with Crippen LogP contribution in [0.3, 0.4) is 0 Å². The molecule has 1 aromatic rings. The molecule has 1 aliphatic rings. The Labute approximate surface area is 79.4 Å². The van der Waals surface area contributed by atoms with Crippen LogP contribution in [0.15, 0.2) is 18.3 Å². The second kappa shape index (κ2) is 3.88. The molecule has 1 unspecified atom stereocenters. The summed E-state index contributed by atoms with van der Waals surface area (Å²) in [5.41, 5.74) is 2.57. The number of nitrogens with zero attached hydrogens (tertiary/aromatic N) is 1. The van der Waals surface area contributed by atoms with Gasteiger partial charge in [-0.1, -0.05) is 6.07 Å². The first-order valence-corrected chi connectivity index (χ1v) is 5.00. The largest absolute Gasteiger partial charge is 0.314 e. The molecule has 2 nitrogen and oxygen atoms in total. The Morgan fingerprint density at radius 1 is 1.62 bits per heavy atom. The van der Waals surface area contributed by atoms with Crippen molar-refractivity contribution in [2.24, 2.45) is 0 Å². The molecule has 2 heteroatoms. The average molecular weight is 176 g/mol. The third kappa shape index (κ3) is 2.07. The molecule has 1 N–H and O–H groups in total. The smallest absolute Gasteiger partial charge is 0.0405 e. The van der Waals surface area contributed by atoms with E-state index in [1.54, 1.807) is 0 Å². The van der Waals surface area contributed by atoms with Gasteiger partial charge >= 0.3 is 0 Å². The molecule has 1 saturated heterocycles. The summed E-state index contributed by atoms with van der Waals surface area (Å²) in [5.74, 6) is 0. The minimum Gasteiger partial charge on any atom is -0.314 e. The predicted molar refractivity (Wildman–Crippen MR) is 53.7 cm³/mol. The molecule has 1 aliphatic heterocycles. The summed E-state index contributed by atoms with van der Waals surface area (Å²) in [6, 6.07) is 4.89. The SMILES string of the molecule is Cc1ncccc1CC1CCCN1. The van der Waals surface area contributed by atoms with E-state index in [9.17, 15) is 0 Å². The first-order valence-electron chi connectivity index (χ1n) is 5.00. The lowest BCUT2D eigenvalue weighted by molar-refractivity contribution is 0.600. The average Bonchev–Trinajstić information content (AvgIpc) is 2.61. The van der Waals surface area contributed by atoms with E-state index < -0.39 is 0 Å². The van der Waals surface area contributed by atoms with E-state index in [-0.39, 0.29) is 0 Å². The minimum absolute atomic E-state index is 0.683. The van der Waals surface area contributed by atoms with Crippen LogP contribution >= 0.6 is 0 Å². The maximum absolute atomic E-state index is 4.29. The lowest BCUT2D eigenvalue weighted by Crippen LogP contribution is -2.24. The zero-order valence-electron chi connectivity index (χ0n) is 8.09. The van der Waals surface area contributed by atoms with Gasteiger partial charge in [0.15, 0.2) is 0 Å². The predicted octanol–water partition coefficient (Wildman–Crippen LogP) is 1.68. The molecule has 2 heterocycles. The molecule has 0 aromatic carbocycles. The Kier molecular flexibility index (Phi) is 2.60. The Morgan fingerprint density at radius 3 is 3.23 bits per heavy atom. The summed E-state index contributed by atoms with van der Waals surface area (Å²) in [6.07, 6.45) is 5.64. The lowest BCUT2D eigenvalue weighted by Gasteiger charge is -2.11. The third-order valence-electron chi connectivity index (χ3n) is 2.75.